The molecule has 2 saturated heterocycles. The number of hydrogen-bond donors (Lipinski definition) is 0. The van der Waals surface area contributed by atoms with Crippen molar-refractivity contribution in [2.24, 2.45) is 5.41 Å². The second kappa shape index (κ2) is 7.96. The predicted octanol–water partition coefficient (Wildman–Crippen LogP) is 2.33. The first kappa shape index (κ1) is 17.9. The highest BCUT2D eigenvalue weighted by atomic mass is 16.5. The van der Waals surface area contributed by atoms with Crippen LogP contribution in [0.1, 0.15) is 25.5 Å². The summed E-state index contributed by atoms with van der Waals surface area (Å²) in [6.45, 7) is 14.6. The number of nitrogens with zero attached hydrogens (tertiary/aromatic N) is 3. The predicted molar refractivity (Wildman–Crippen MR) is 99.3 cm³/mol. The van der Waals surface area contributed by atoms with Crippen LogP contribution in [0.3, 0.4) is 0 Å². The fourth-order valence-electron chi connectivity index (χ4n) is 4.13. The lowest BCUT2D eigenvalue weighted by molar-refractivity contribution is 0.00733. The van der Waals surface area contributed by atoms with Crippen molar-refractivity contribution in [2.75, 3.05) is 66.1 Å². The van der Waals surface area contributed by atoms with E-state index >= 15 is 0 Å². The molecule has 2 aliphatic rings. The van der Waals surface area contributed by atoms with E-state index in [9.17, 15) is 0 Å². The van der Waals surface area contributed by atoms with E-state index in [-0.39, 0.29) is 0 Å². The molecule has 0 unspecified atom stereocenters. The highest BCUT2D eigenvalue weighted by Crippen LogP contribution is 2.27. The Morgan fingerprint density at radius 2 is 1.62 bits per heavy atom. The number of rotatable bonds is 5. The van der Waals surface area contributed by atoms with Crippen LogP contribution in [-0.4, -0.2) is 80.8 Å². The molecule has 3 rings (SSSR count). The van der Waals surface area contributed by atoms with E-state index in [1.807, 2.05) is 0 Å². The number of hydrogen-bond acceptors (Lipinski definition) is 4. The fourth-order valence-corrected chi connectivity index (χ4v) is 4.13. The quantitative estimate of drug-likeness (QED) is 0.824. The van der Waals surface area contributed by atoms with Gasteiger partial charge in [0.2, 0.25) is 0 Å². The van der Waals surface area contributed by atoms with Crippen molar-refractivity contribution in [3.8, 4) is 0 Å². The first-order valence-electron chi connectivity index (χ1n) is 9.31. The summed E-state index contributed by atoms with van der Waals surface area (Å²) in [5, 5.41) is 0. The van der Waals surface area contributed by atoms with E-state index in [0.717, 1.165) is 39.4 Å². The van der Waals surface area contributed by atoms with Crippen molar-refractivity contribution in [1.29, 1.82) is 0 Å². The average molecular weight is 332 g/mol. The highest BCUT2D eigenvalue weighted by molar-refractivity contribution is 5.20. The van der Waals surface area contributed by atoms with Gasteiger partial charge < -0.3 is 4.74 Å². The Morgan fingerprint density at radius 3 is 2.33 bits per heavy atom. The number of ether oxygens (including phenoxy) is 1. The first-order chi connectivity index (χ1) is 11.5. The second-order valence-electron chi connectivity index (χ2n) is 8.19. The molecule has 0 bridgehead atoms. The van der Waals surface area contributed by atoms with E-state index in [1.54, 1.807) is 0 Å². The van der Waals surface area contributed by atoms with Crippen molar-refractivity contribution < 1.29 is 4.74 Å². The van der Waals surface area contributed by atoms with Crippen LogP contribution in [0, 0.1) is 5.41 Å². The third-order valence-corrected chi connectivity index (χ3v) is 5.32. The van der Waals surface area contributed by atoms with E-state index in [4.69, 9.17) is 4.74 Å². The van der Waals surface area contributed by atoms with Gasteiger partial charge in [0.15, 0.2) is 0 Å². The normalized spacial score (nSPS) is 25.0. The van der Waals surface area contributed by atoms with Crippen molar-refractivity contribution >= 4 is 0 Å². The molecule has 24 heavy (non-hydrogen) atoms. The van der Waals surface area contributed by atoms with Gasteiger partial charge in [0.05, 0.1) is 13.2 Å². The maximum atomic E-state index is 5.48. The van der Waals surface area contributed by atoms with Gasteiger partial charge in [-0.2, -0.15) is 0 Å². The van der Waals surface area contributed by atoms with Crippen LogP contribution in [-0.2, 0) is 4.74 Å². The summed E-state index contributed by atoms with van der Waals surface area (Å²) in [5.74, 6) is 0. The van der Waals surface area contributed by atoms with Crippen LogP contribution >= 0.6 is 0 Å². The topological polar surface area (TPSA) is 19.0 Å². The van der Waals surface area contributed by atoms with Gasteiger partial charge in [-0.05, 0) is 18.0 Å². The molecule has 1 atom stereocenters. The average Bonchev–Trinajstić information content (AvgIpc) is 2.57. The minimum absolute atomic E-state index is 0.314. The molecule has 1 aromatic carbocycles. The van der Waals surface area contributed by atoms with Crippen molar-refractivity contribution in [3.63, 3.8) is 0 Å². The van der Waals surface area contributed by atoms with Gasteiger partial charge in [0, 0.05) is 51.9 Å². The zero-order valence-corrected chi connectivity index (χ0v) is 15.6. The Kier molecular flexibility index (Phi) is 5.93. The smallest absolute Gasteiger partial charge is 0.0594 e. The molecule has 0 aromatic heterocycles. The summed E-state index contributed by atoms with van der Waals surface area (Å²) in [5.41, 5.74) is 1.75. The maximum absolute atomic E-state index is 5.48. The fraction of sp³-hybridized carbons (Fsp3) is 0.700. The van der Waals surface area contributed by atoms with Crippen LogP contribution in [0.25, 0.3) is 0 Å². The van der Waals surface area contributed by atoms with Gasteiger partial charge in [-0.1, -0.05) is 44.2 Å². The Morgan fingerprint density at radius 1 is 0.958 bits per heavy atom. The number of morpholine rings is 1. The Hall–Kier alpha value is -0.940. The lowest BCUT2D eigenvalue weighted by atomic mass is 9.90. The van der Waals surface area contributed by atoms with Crippen LogP contribution in [0.4, 0.5) is 0 Å². The molecular formula is C20H33N3O. The number of benzene rings is 1. The van der Waals surface area contributed by atoms with Crippen LogP contribution < -0.4 is 0 Å². The Bertz CT molecular complexity index is 499. The lowest BCUT2D eigenvalue weighted by Crippen LogP contribution is -2.51. The van der Waals surface area contributed by atoms with Gasteiger partial charge >= 0.3 is 0 Å². The molecular weight excluding hydrogens is 298 g/mol. The van der Waals surface area contributed by atoms with Crippen LogP contribution in [0.15, 0.2) is 30.3 Å². The van der Waals surface area contributed by atoms with Gasteiger partial charge in [0.1, 0.15) is 0 Å². The summed E-state index contributed by atoms with van der Waals surface area (Å²) in [6, 6.07) is 11.5. The number of likely N-dealkylation sites (N-methyl/N-ethyl adjacent to an activating group) is 1. The van der Waals surface area contributed by atoms with E-state index < -0.39 is 0 Å². The molecule has 1 aromatic rings. The van der Waals surface area contributed by atoms with Gasteiger partial charge in [-0.15, -0.1) is 0 Å². The minimum Gasteiger partial charge on any atom is -0.379 e. The largest absolute Gasteiger partial charge is 0.379 e. The van der Waals surface area contributed by atoms with Gasteiger partial charge in [0.25, 0.3) is 0 Å². The molecule has 0 amide bonds. The first-order valence-corrected chi connectivity index (χ1v) is 9.31. The summed E-state index contributed by atoms with van der Waals surface area (Å²) in [6.07, 6.45) is 0. The molecule has 4 nitrogen and oxygen atoms in total. The molecule has 0 N–H and O–H groups in total. The third-order valence-electron chi connectivity index (χ3n) is 5.32. The van der Waals surface area contributed by atoms with E-state index in [1.165, 1.54) is 25.2 Å². The maximum Gasteiger partial charge on any atom is 0.0594 e. The molecule has 4 heteroatoms. The van der Waals surface area contributed by atoms with Crippen LogP contribution in [0.2, 0.25) is 0 Å². The van der Waals surface area contributed by atoms with E-state index in [2.05, 4.69) is 65.9 Å². The summed E-state index contributed by atoms with van der Waals surface area (Å²) < 4.78 is 5.48. The molecule has 0 aliphatic carbocycles. The summed E-state index contributed by atoms with van der Waals surface area (Å²) in [7, 11) is 2.26. The Labute approximate surface area is 147 Å². The standard InChI is InChI=1S/C20H33N3O/c1-20(2,16-22-11-13-24-14-12-22)17-23-10-9-21(3)19(15-23)18-7-5-4-6-8-18/h4-8,19H,9-17H2,1-3H3/t19-/m1/s1. The third kappa shape index (κ3) is 4.79. The Balaban J connectivity index is 1.58. The van der Waals surface area contributed by atoms with Gasteiger partial charge in [-0.3, -0.25) is 14.7 Å². The molecule has 0 spiro atoms. The molecule has 2 heterocycles. The van der Waals surface area contributed by atoms with E-state index in [0.29, 0.717) is 11.5 Å². The van der Waals surface area contributed by atoms with Crippen LogP contribution in [0.5, 0.6) is 0 Å². The lowest BCUT2D eigenvalue weighted by Gasteiger charge is -2.44. The van der Waals surface area contributed by atoms with Crippen molar-refractivity contribution in [3.05, 3.63) is 35.9 Å². The molecule has 0 radical (unpaired) electrons. The minimum atomic E-state index is 0.314. The summed E-state index contributed by atoms with van der Waals surface area (Å²) in [4.78, 5) is 7.73. The van der Waals surface area contributed by atoms with Crippen molar-refractivity contribution in [2.45, 2.75) is 19.9 Å². The highest BCUT2D eigenvalue weighted by Gasteiger charge is 2.30. The molecule has 134 valence electrons. The molecule has 0 saturated carbocycles. The summed E-state index contributed by atoms with van der Waals surface area (Å²) >= 11 is 0. The SMILES string of the molecule is CN1CCN(CC(C)(C)CN2CCOCC2)C[C@@H]1c1ccccc1. The van der Waals surface area contributed by atoms with Crippen molar-refractivity contribution in [1.82, 2.24) is 14.7 Å². The molecule has 2 aliphatic heterocycles. The zero-order chi connectivity index (χ0) is 17.0. The monoisotopic (exact) mass is 331 g/mol. The zero-order valence-electron chi connectivity index (χ0n) is 15.6. The second-order valence-corrected chi connectivity index (χ2v) is 8.19. The number of piperazine rings is 1. The van der Waals surface area contributed by atoms with Gasteiger partial charge in [-0.25, -0.2) is 0 Å². The molecule has 2 fully saturated rings.